The maximum Gasteiger partial charge on any atom is 0.512 e. The number of hydrogen-bond donors (Lipinski definition) is 1. The summed E-state index contributed by atoms with van der Waals surface area (Å²) in [4.78, 5) is 3.78. The van der Waals surface area contributed by atoms with Crippen molar-refractivity contribution in [3.8, 4) is 0 Å². The third-order valence-corrected chi connectivity index (χ3v) is 12.2. The Morgan fingerprint density at radius 2 is 2.15 bits per heavy atom. The molecule has 6 nitrogen and oxygen atoms in total. The number of aliphatic hydroxyl groups is 1. The molecule has 3 saturated heterocycles. The first-order valence-corrected chi connectivity index (χ1v) is 7.50. The van der Waals surface area contributed by atoms with Crippen molar-refractivity contribution in [3.05, 3.63) is 11.6 Å². The Hall–Kier alpha value is -0.170. The van der Waals surface area contributed by atoms with Crippen LogP contribution in [0.5, 0.6) is 0 Å². The van der Waals surface area contributed by atoms with Crippen LogP contribution in [-0.2, 0) is 16.5 Å². The van der Waals surface area contributed by atoms with Crippen molar-refractivity contribution in [2.45, 2.75) is 12.4 Å². The summed E-state index contributed by atoms with van der Waals surface area (Å²) in [5, 5.41) is 11.1. The highest BCUT2D eigenvalue weighted by atomic mass is 32.4. The first-order chi connectivity index (χ1) is 5.89. The van der Waals surface area contributed by atoms with Gasteiger partial charge in [-0.1, -0.05) is 0 Å². The number of phosphoric acid groups is 1. The van der Waals surface area contributed by atoms with Gasteiger partial charge in [-0.15, -0.1) is 0 Å². The SMILES string of the molecule is CC(O)S123(C=CN=C1)OP(=O)(O2)O3. The molecule has 0 amide bonds. The average molecular weight is 225 g/mol. The maximum absolute atomic E-state index is 11.2. The lowest BCUT2D eigenvalue weighted by Gasteiger charge is -2.86. The number of aliphatic hydroxyl groups excluding tert-OH is 1. The lowest BCUT2D eigenvalue weighted by molar-refractivity contribution is 0.0796. The summed E-state index contributed by atoms with van der Waals surface area (Å²) in [6.07, 6.45) is 1.41. The van der Waals surface area contributed by atoms with Gasteiger partial charge < -0.3 is 5.11 Å². The van der Waals surface area contributed by atoms with Crippen LogP contribution in [0.4, 0.5) is 0 Å². The van der Waals surface area contributed by atoms with Gasteiger partial charge in [-0.3, -0.25) is 4.99 Å². The average Bonchev–Trinajstić information content (AvgIpc) is 2.29. The minimum Gasteiger partial charge on any atom is -0.379 e. The number of aliphatic imine (C=N–C) groups is 1. The Bertz CT molecular complexity index is 392. The van der Waals surface area contributed by atoms with Crippen LogP contribution in [0.25, 0.3) is 0 Å². The molecule has 74 valence electrons. The van der Waals surface area contributed by atoms with Crippen LogP contribution in [0.1, 0.15) is 6.92 Å². The fourth-order valence-electron chi connectivity index (χ4n) is 1.63. The van der Waals surface area contributed by atoms with Gasteiger partial charge in [0.1, 0.15) is 5.44 Å². The Kier molecular flexibility index (Phi) is 0.917. The van der Waals surface area contributed by atoms with E-state index in [-0.39, 0.29) is 0 Å². The van der Waals surface area contributed by atoms with E-state index in [4.69, 9.17) is 11.9 Å². The molecule has 1 unspecified atom stereocenters. The largest absolute Gasteiger partial charge is 0.512 e. The summed E-state index contributed by atoms with van der Waals surface area (Å²) in [6.45, 7) is 1.46. The molecule has 0 radical (unpaired) electrons. The van der Waals surface area contributed by atoms with Gasteiger partial charge in [0.2, 0.25) is 0 Å². The standard InChI is InChI=1S/C5H8NO5PS/c1-5(7)13(3-2-6-4-13)9-12(8,10-13)11-13/h2-5,7H,1H3. The summed E-state index contributed by atoms with van der Waals surface area (Å²) < 4.78 is 26.6. The van der Waals surface area contributed by atoms with Gasteiger partial charge in [0.05, 0.1) is 5.55 Å². The van der Waals surface area contributed by atoms with Gasteiger partial charge >= 0.3 is 7.82 Å². The quantitative estimate of drug-likeness (QED) is 0.686. The van der Waals surface area contributed by atoms with Crippen molar-refractivity contribution in [2.75, 3.05) is 0 Å². The first-order valence-electron chi connectivity index (χ1n) is 3.62. The Labute approximate surface area is 73.7 Å². The molecule has 4 heterocycles. The highest BCUT2D eigenvalue weighted by Crippen LogP contribution is 3.22. The predicted molar refractivity (Wildman–Crippen MR) is 47.8 cm³/mol. The van der Waals surface area contributed by atoms with Gasteiger partial charge in [0.15, 0.2) is 0 Å². The minimum absolute atomic E-state index is 1.03. The van der Waals surface area contributed by atoms with Crippen molar-refractivity contribution < 1.29 is 21.6 Å². The molecule has 0 saturated carbocycles. The molecule has 1 spiro atoms. The van der Waals surface area contributed by atoms with Crippen molar-refractivity contribution in [1.82, 2.24) is 0 Å². The Balaban J connectivity index is 2.27. The third kappa shape index (κ3) is 0.521. The van der Waals surface area contributed by atoms with Crippen molar-refractivity contribution in [1.29, 1.82) is 0 Å². The lowest BCUT2D eigenvalue weighted by atomic mass is 10.9. The van der Waals surface area contributed by atoms with Gasteiger partial charge in [0.25, 0.3) is 0 Å². The maximum atomic E-state index is 11.2. The second-order valence-electron chi connectivity index (χ2n) is 3.29. The summed E-state index contributed by atoms with van der Waals surface area (Å²) in [6, 6.07) is 0. The molecule has 4 aliphatic rings. The zero-order valence-corrected chi connectivity index (χ0v) is 8.40. The van der Waals surface area contributed by atoms with Crippen LogP contribution >= 0.6 is 17.0 Å². The molecular weight excluding hydrogens is 217 g/mol. The van der Waals surface area contributed by atoms with Gasteiger partial charge in [-0.05, 0) is 6.92 Å². The number of hydrogen-bond acceptors (Lipinski definition) is 6. The molecule has 8 heteroatoms. The van der Waals surface area contributed by atoms with Crippen LogP contribution in [-0.4, -0.2) is 16.1 Å². The molecule has 0 aromatic heterocycles. The predicted octanol–water partition coefficient (Wildman–Crippen LogP) is 1.64. The molecule has 0 aliphatic carbocycles. The van der Waals surface area contributed by atoms with E-state index in [1.54, 1.807) is 0 Å². The topological polar surface area (TPSA) is 77.4 Å². The summed E-state index contributed by atoms with van der Waals surface area (Å²) >= 11 is 0. The highest BCUT2D eigenvalue weighted by molar-refractivity contribution is 8.74. The molecule has 0 aromatic carbocycles. The van der Waals surface area contributed by atoms with Gasteiger partial charge in [-0.2, -0.15) is 11.9 Å². The Morgan fingerprint density at radius 1 is 1.54 bits per heavy atom. The number of rotatable bonds is 1. The van der Waals surface area contributed by atoms with E-state index in [2.05, 4.69) is 4.99 Å². The third-order valence-electron chi connectivity index (χ3n) is 2.44. The number of nitrogens with zero attached hydrogens (tertiary/aromatic N) is 1. The van der Waals surface area contributed by atoms with E-state index in [1.807, 2.05) is 0 Å². The minimum atomic E-state index is -4.02. The monoisotopic (exact) mass is 225 g/mol. The molecule has 1 atom stereocenters. The zero-order valence-electron chi connectivity index (χ0n) is 6.69. The van der Waals surface area contributed by atoms with Crippen molar-refractivity contribution in [2.24, 2.45) is 4.99 Å². The second-order valence-corrected chi connectivity index (χ2v) is 10.1. The normalized spacial score (nSPS) is 52.2. The smallest absolute Gasteiger partial charge is 0.379 e. The Morgan fingerprint density at radius 3 is 2.46 bits per heavy atom. The van der Waals surface area contributed by atoms with Gasteiger partial charge in [-0.25, -0.2) is 4.57 Å². The second kappa shape index (κ2) is 1.46. The van der Waals surface area contributed by atoms with E-state index in [1.165, 1.54) is 24.1 Å². The molecule has 3 fully saturated rings. The van der Waals surface area contributed by atoms with Crippen LogP contribution in [0, 0.1) is 0 Å². The van der Waals surface area contributed by atoms with Crippen LogP contribution in [0.2, 0.25) is 0 Å². The van der Waals surface area contributed by atoms with Crippen molar-refractivity contribution >= 4 is 22.5 Å². The summed E-state index contributed by atoms with van der Waals surface area (Å²) in [5.41, 5.74) is 0.267. The molecular formula is C5H8NO5PS. The summed E-state index contributed by atoms with van der Waals surface area (Å²) in [7, 11) is -7.34. The first kappa shape index (κ1) is 8.16. The van der Waals surface area contributed by atoms with Crippen LogP contribution < -0.4 is 0 Å². The molecule has 4 rings (SSSR count). The van der Waals surface area contributed by atoms with Gasteiger partial charge in [0, 0.05) is 20.7 Å². The summed E-state index contributed by atoms with van der Waals surface area (Å²) in [5.74, 6) is 0. The van der Waals surface area contributed by atoms with E-state index in [0.29, 0.717) is 0 Å². The fourth-order valence-corrected chi connectivity index (χ4v) is 11.1. The molecule has 1 N–H and O–H groups in total. The van der Waals surface area contributed by atoms with Crippen LogP contribution in [0.3, 0.4) is 0 Å². The molecule has 4 aliphatic heterocycles. The van der Waals surface area contributed by atoms with E-state index < -0.39 is 22.4 Å². The fraction of sp³-hybridized carbons (Fsp3) is 0.400. The zero-order chi connectivity index (χ0) is 9.44. The molecule has 13 heavy (non-hydrogen) atoms. The lowest BCUT2D eigenvalue weighted by Crippen LogP contribution is -2.62. The molecule has 0 aromatic rings. The van der Waals surface area contributed by atoms with Crippen molar-refractivity contribution in [3.63, 3.8) is 0 Å². The van der Waals surface area contributed by atoms with E-state index >= 15 is 0 Å². The van der Waals surface area contributed by atoms with E-state index in [9.17, 15) is 9.67 Å². The molecule has 2 bridgehead atoms. The van der Waals surface area contributed by atoms with E-state index in [0.717, 1.165) is 0 Å². The van der Waals surface area contributed by atoms with Crippen LogP contribution in [0.15, 0.2) is 16.6 Å². The highest BCUT2D eigenvalue weighted by Gasteiger charge is 2.94.